The van der Waals surface area contributed by atoms with Crippen LogP contribution >= 0.6 is 11.3 Å². The van der Waals surface area contributed by atoms with Gasteiger partial charge in [0.1, 0.15) is 5.75 Å². The third-order valence-electron chi connectivity index (χ3n) is 1.52. The molecule has 1 aromatic heterocycles. The summed E-state index contributed by atoms with van der Waals surface area (Å²) in [5, 5.41) is 11.4. The fraction of sp³-hybridized carbons (Fsp3) is 0. The maximum atomic E-state index is 10.1. The fourth-order valence-corrected chi connectivity index (χ4v) is 1.20. The fourth-order valence-electron chi connectivity index (χ4n) is 0.822. The summed E-state index contributed by atoms with van der Waals surface area (Å²) < 4.78 is 0. The number of hydrogen-bond donors (Lipinski definition) is 2. The van der Waals surface area contributed by atoms with Crippen molar-refractivity contribution in [1.29, 1.82) is 0 Å². The maximum Gasteiger partial charge on any atom is 0.179 e. The Hall–Kier alpha value is -0.633. The molecule has 0 saturated carbocycles. The molecule has 1 heterocycles. The summed E-state index contributed by atoms with van der Waals surface area (Å²) in [6, 6.07) is 6.40. The van der Waals surface area contributed by atoms with Crippen LogP contribution in [0, 0.1) is 0 Å². The molecule has 17 heavy (non-hydrogen) atoms. The number of phenols is 1. The molecule has 2 rings (SSSR count). The minimum absolute atomic E-state index is 0. The molecule has 0 saturated heterocycles. The zero-order valence-electron chi connectivity index (χ0n) is 9.24. The van der Waals surface area contributed by atoms with Crippen molar-refractivity contribution in [2.45, 2.75) is 0 Å². The summed E-state index contributed by atoms with van der Waals surface area (Å²) in [6.45, 7) is 0. The van der Waals surface area contributed by atoms with Crippen LogP contribution in [-0.2, 0) is 39.0 Å². The Labute approximate surface area is 129 Å². The number of thiazole rings is 1. The molecule has 0 aliphatic heterocycles. The van der Waals surface area contributed by atoms with E-state index in [1.165, 1.54) is 17.4 Å². The number of phenolic OH excluding ortho intramolecular Hbond substituents is 1. The molecule has 82 valence electrons. The molecule has 1 aromatic carbocycles. The number of nitrogens with two attached hydrogens (primary N) is 1. The number of aromatic hydroxyl groups is 1. The van der Waals surface area contributed by atoms with Gasteiger partial charge in [-0.25, -0.2) is 4.98 Å². The number of hydrogen-bond acceptors (Lipinski definition) is 5. The topological polar surface area (TPSA) is 76.2 Å². The SMILES string of the molecule is Nc1nccs1.O=Cc1ccccc1O.[Zn].[Zn]. The monoisotopic (exact) mass is 350 g/mol. The van der Waals surface area contributed by atoms with Crippen LogP contribution in [0.3, 0.4) is 0 Å². The minimum Gasteiger partial charge on any atom is -0.507 e. The van der Waals surface area contributed by atoms with Crippen molar-refractivity contribution >= 4 is 22.8 Å². The van der Waals surface area contributed by atoms with Gasteiger partial charge in [-0.1, -0.05) is 12.1 Å². The van der Waals surface area contributed by atoms with Crippen molar-refractivity contribution in [2.75, 3.05) is 5.73 Å². The van der Waals surface area contributed by atoms with E-state index in [-0.39, 0.29) is 44.7 Å². The minimum atomic E-state index is 0. The molecule has 0 atom stereocenters. The molecular formula is C10H10N2O2SZn2. The molecule has 3 N–H and O–H groups in total. The van der Waals surface area contributed by atoms with Crippen LogP contribution in [0.25, 0.3) is 0 Å². The predicted molar refractivity (Wildman–Crippen MR) is 60.0 cm³/mol. The molecule has 0 spiro atoms. The third-order valence-corrected chi connectivity index (χ3v) is 2.12. The number of carbonyl (C=O) groups excluding carboxylic acids is 1. The second-order valence-electron chi connectivity index (χ2n) is 2.55. The number of aromatic nitrogens is 1. The van der Waals surface area contributed by atoms with E-state index in [2.05, 4.69) is 4.98 Å². The summed E-state index contributed by atoms with van der Waals surface area (Å²) in [6.07, 6.45) is 2.30. The van der Waals surface area contributed by atoms with Crippen LogP contribution in [0.15, 0.2) is 35.8 Å². The van der Waals surface area contributed by atoms with Crippen molar-refractivity contribution in [3.05, 3.63) is 41.4 Å². The van der Waals surface area contributed by atoms with Crippen LogP contribution in [0.2, 0.25) is 0 Å². The Bertz CT molecular complexity index is 424. The van der Waals surface area contributed by atoms with Crippen LogP contribution < -0.4 is 5.73 Å². The standard InChI is InChI=1S/C7H6O2.C3H4N2S.2Zn/c8-5-6-3-1-2-4-7(6)9;4-3-5-1-2-6-3;;/h1-5,9H;1-2H,(H2,4,5);;. The molecule has 0 aliphatic carbocycles. The molecular weight excluding hydrogens is 343 g/mol. The van der Waals surface area contributed by atoms with Crippen molar-refractivity contribution in [3.63, 3.8) is 0 Å². The van der Waals surface area contributed by atoms with Gasteiger partial charge in [0.2, 0.25) is 0 Å². The maximum absolute atomic E-state index is 10.1. The number of benzene rings is 1. The number of nitrogens with zero attached hydrogens (tertiary/aromatic N) is 1. The third kappa shape index (κ3) is 7.32. The normalized spacial score (nSPS) is 7.76. The van der Waals surface area contributed by atoms with E-state index < -0.39 is 0 Å². The average Bonchev–Trinajstić information content (AvgIpc) is 2.71. The Morgan fingerprint density at radius 1 is 1.29 bits per heavy atom. The van der Waals surface area contributed by atoms with Crippen LogP contribution in [0.4, 0.5) is 5.13 Å². The molecule has 0 aliphatic rings. The molecule has 0 fully saturated rings. The Kier molecular flexibility index (Phi) is 11.6. The first-order chi connectivity index (χ1) is 7.24. The van der Waals surface area contributed by atoms with E-state index in [4.69, 9.17) is 10.8 Å². The van der Waals surface area contributed by atoms with E-state index in [1.807, 2.05) is 5.38 Å². The molecule has 7 heteroatoms. The van der Waals surface area contributed by atoms with Gasteiger partial charge in [0.25, 0.3) is 0 Å². The molecule has 2 aromatic rings. The molecule has 0 unspecified atom stereocenters. The number of para-hydroxylation sites is 1. The predicted octanol–water partition coefficient (Wildman–Crippen LogP) is 1.93. The van der Waals surface area contributed by atoms with Crippen molar-refractivity contribution in [3.8, 4) is 5.75 Å². The first kappa shape index (κ1) is 18.7. The number of carbonyl (C=O) groups is 1. The Morgan fingerprint density at radius 3 is 2.24 bits per heavy atom. The quantitative estimate of drug-likeness (QED) is 0.607. The van der Waals surface area contributed by atoms with Crippen LogP contribution in [-0.4, -0.2) is 16.4 Å². The first-order valence-corrected chi connectivity index (χ1v) is 5.00. The summed E-state index contributed by atoms with van der Waals surface area (Å²) in [7, 11) is 0. The van der Waals surface area contributed by atoms with E-state index in [0.29, 0.717) is 17.0 Å². The molecule has 0 bridgehead atoms. The van der Waals surface area contributed by atoms with Crippen molar-refractivity contribution in [2.24, 2.45) is 0 Å². The number of nitrogen functional groups attached to an aromatic ring is 1. The van der Waals surface area contributed by atoms with Gasteiger partial charge in [-0.2, -0.15) is 0 Å². The van der Waals surface area contributed by atoms with E-state index in [1.54, 1.807) is 24.4 Å². The van der Waals surface area contributed by atoms with Gasteiger partial charge in [-0.3, -0.25) is 4.79 Å². The van der Waals surface area contributed by atoms with Gasteiger partial charge < -0.3 is 10.8 Å². The van der Waals surface area contributed by atoms with Gasteiger partial charge in [0, 0.05) is 50.5 Å². The number of rotatable bonds is 1. The van der Waals surface area contributed by atoms with Gasteiger partial charge >= 0.3 is 0 Å². The summed E-state index contributed by atoms with van der Waals surface area (Å²) in [4.78, 5) is 13.8. The average molecular weight is 353 g/mol. The summed E-state index contributed by atoms with van der Waals surface area (Å²) >= 11 is 1.44. The van der Waals surface area contributed by atoms with Crippen molar-refractivity contribution < 1.29 is 48.9 Å². The second-order valence-corrected chi connectivity index (χ2v) is 3.47. The largest absolute Gasteiger partial charge is 0.507 e. The zero-order chi connectivity index (χ0) is 11.1. The second kappa shape index (κ2) is 10.5. The van der Waals surface area contributed by atoms with E-state index in [9.17, 15) is 4.79 Å². The molecule has 4 nitrogen and oxygen atoms in total. The van der Waals surface area contributed by atoms with Gasteiger partial charge in [0.15, 0.2) is 11.4 Å². The van der Waals surface area contributed by atoms with E-state index in [0.717, 1.165) is 0 Å². The Morgan fingerprint density at radius 2 is 1.94 bits per heavy atom. The van der Waals surface area contributed by atoms with Gasteiger partial charge in [-0.15, -0.1) is 11.3 Å². The summed E-state index contributed by atoms with van der Waals surface area (Å²) in [5.74, 6) is 0.0347. The summed E-state index contributed by atoms with van der Waals surface area (Å²) in [5.41, 5.74) is 5.52. The van der Waals surface area contributed by atoms with E-state index >= 15 is 0 Å². The number of anilines is 1. The van der Waals surface area contributed by atoms with Crippen LogP contribution in [0.1, 0.15) is 10.4 Å². The molecule has 0 radical (unpaired) electrons. The van der Waals surface area contributed by atoms with Crippen molar-refractivity contribution in [1.82, 2.24) is 4.98 Å². The van der Waals surface area contributed by atoms with Crippen LogP contribution in [0.5, 0.6) is 5.75 Å². The Balaban J connectivity index is 0. The zero-order valence-corrected chi connectivity index (χ0v) is 16.0. The smallest absolute Gasteiger partial charge is 0.179 e. The van der Waals surface area contributed by atoms with Gasteiger partial charge in [0.05, 0.1) is 5.56 Å². The molecule has 0 amide bonds. The number of aldehydes is 1. The first-order valence-electron chi connectivity index (χ1n) is 4.12. The van der Waals surface area contributed by atoms with Gasteiger partial charge in [-0.05, 0) is 12.1 Å².